The summed E-state index contributed by atoms with van der Waals surface area (Å²) in [6.45, 7) is 4.92. The first-order chi connectivity index (χ1) is 8.88. The number of thioether (sulfide) groups is 1. The summed E-state index contributed by atoms with van der Waals surface area (Å²) >= 11 is 1.93. The van der Waals surface area contributed by atoms with Crippen molar-refractivity contribution in [3.63, 3.8) is 0 Å². The minimum absolute atomic E-state index is 0.0919. The van der Waals surface area contributed by atoms with Gasteiger partial charge in [0.05, 0.1) is 12.3 Å². The average Bonchev–Trinajstić information content (AvgIpc) is 2.47. The van der Waals surface area contributed by atoms with Crippen LogP contribution in [0.1, 0.15) is 35.8 Å². The molecule has 0 saturated carbocycles. The van der Waals surface area contributed by atoms with Gasteiger partial charge in [0.2, 0.25) is 0 Å². The Bertz CT molecular complexity index is 415. The Labute approximate surface area is 112 Å². The minimum atomic E-state index is 0.0919. The second-order valence-electron chi connectivity index (χ2n) is 4.67. The third kappa shape index (κ3) is 2.39. The summed E-state index contributed by atoms with van der Waals surface area (Å²) in [5, 5.41) is 3.40. The third-order valence-corrected chi connectivity index (χ3v) is 4.47. The lowest BCUT2D eigenvalue weighted by Crippen LogP contribution is -2.28. The maximum absolute atomic E-state index is 5.79. The van der Waals surface area contributed by atoms with Crippen molar-refractivity contribution in [1.29, 1.82) is 0 Å². The first-order valence-corrected chi connectivity index (χ1v) is 7.82. The molecule has 0 bridgehead atoms. The molecule has 2 aliphatic rings. The zero-order chi connectivity index (χ0) is 12.4. The van der Waals surface area contributed by atoms with Gasteiger partial charge in [-0.3, -0.25) is 0 Å². The van der Waals surface area contributed by atoms with Crippen LogP contribution in [0.25, 0.3) is 0 Å². The van der Waals surface area contributed by atoms with E-state index in [1.54, 1.807) is 0 Å². The Balaban J connectivity index is 1.94. The van der Waals surface area contributed by atoms with Gasteiger partial charge >= 0.3 is 0 Å². The maximum atomic E-state index is 5.79. The van der Waals surface area contributed by atoms with E-state index in [1.165, 1.54) is 17.0 Å². The highest BCUT2D eigenvalue weighted by Crippen LogP contribution is 2.26. The summed E-state index contributed by atoms with van der Waals surface area (Å²) < 4.78 is 5.79. The van der Waals surface area contributed by atoms with Gasteiger partial charge in [-0.2, -0.15) is 11.8 Å². The van der Waals surface area contributed by atoms with E-state index in [2.05, 4.69) is 12.2 Å². The van der Waals surface area contributed by atoms with Gasteiger partial charge < -0.3 is 10.1 Å². The lowest BCUT2D eigenvalue weighted by Gasteiger charge is -2.24. The summed E-state index contributed by atoms with van der Waals surface area (Å²) in [5.41, 5.74) is 3.74. The van der Waals surface area contributed by atoms with Gasteiger partial charge in [-0.05, 0) is 6.42 Å². The van der Waals surface area contributed by atoms with Gasteiger partial charge in [0.1, 0.15) is 6.10 Å². The number of rotatable bonds is 2. The molecular weight excluding hydrogens is 246 g/mol. The van der Waals surface area contributed by atoms with Crippen LogP contribution in [0.4, 0.5) is 0 Å². The van der Waals surface area contributed by atoms with Crippen molar-refractivity contribution in [2.45, 2.75) is 32.4 Å². The summed E-state index contributed by atoms with van der Waals surface area (Å²) in [4.78, 5) is 9.49. The van der Waals surface area contributed by atoms with E-state index in [9.17, 15) is 0 Å². The highest BCUT2D eigenvalue weighted by molar-refractivity contribution is 7.99. The van der Waals surface area contributed by atoms with Crippen molar-refractivity contribution in [1.82, 2.24) is 15.3 Å². The molecule has 4 nitrogen and oxygen atoms in total. The Kier molecular flexibility index (Phi) is 3.82. The molecule has 1 atom stereocenters. The highest BCUT2D eigenvalue weighted by Gasteiger charge is 2.23. The lowest BCUT2D eigenvalue weighted by atomic mass is 10.0. The first-order valence-electron chi connectivity index (χ1n) is 6.67. The molecule has 2 aliphatic heterocycles. The van der Waals surface area contributed by atoms with E-state index < -0.39 is 0 Å². The van der Waals surface area contributed by atoms with Crippen LogP contribution in [0, 0.1) is 0 Å². The zero-order valence-corrected chi connectivity index (χ0v) is 11.6. The van der Waals surface area contributed by atoms with Gasteiger partial charge in [0.25, 0.3) is 0 Å². The maximum Gasteiger partial charge on any atom is 0.158 e. The molecule has 5 heteroatoms. The van der Waals surface area contributed by atoms with E-state index >= 15 is 0 Å². The van der Waals surface area contributed by atoms with Crippen LogP contribution in [0.2, 0.25) is 0 Å². The number of hydrogen-bond donors (Lipinski definition) is 1. The van der Waals surface area contributed by atoms with E-state index in [1.807, 2.05) is 11.8 Å². The fraction of sp³-hybridized carbons (Fsp3) is 0.692. The van der Waals surface area contributed by atoms with Gasteiger partial charge in [-0.15, -0.1) is 0 Å². The topological polar surface area (TPSA) is 47.0 Å². The third-order valence-electron chi connectivity index (χ3n) is 3.47. The van der Waals surface area contributed by atoms with E-state index in [-0.39, 0.29) is 6.10 Å². The van der Waals surface area contributed by atoms with Crippen molar-refractivity contribution >= 4 is 11.8 Å². The summed E-state index contributed by atoms with van der Waals surface area (Å²) in [6.07, 6.45) is 2.08. The smallest absolute Gasteiger partial charge is 0.158 e. The van der Waals surface area contributed by atoms with Crippen LogP contribution in [0.15, 0.2) is 0 Å². The fourth-order valence-corrected chi connectivity index (χ4v) is 3.35. The van der Waals surface area contributed by atoms with Gasteiger partial charge in [0, 0.05) is 42.3 Å². The standard InChI is InChI=1S/C13H19N3OS/c1-2-10-9-7-14-4-3-11(9)16-13(15-10)12-8-18-6-5-17-12/h12,14H,2-8H2,1H3. The van der Waals surface area contributed by atoms with Crippen molar-refractivity contribution < 1.29 is 4.74 Å². The van der Waals surface area contributed by atoms with E-state index in [4.69, 9.17) is 14.7 Å². The number of ether oxygens (including phenoxy) is 1. The second kappa shape index (κ2) is 5.55. The Morgan fingerprint density at radius 2 is 2.39 bits per heavy atom. The fourth-order valence-electron chi connectivity index (χ4n) is 2.51. The molecule has 3 heterocycles. The second-order valence-corrected chi connectivity index (χ2v) is 5.82. The van der Waals surface area contributed by atoms with Crippen LogP contribution in [0.5, 0.6) is 0 Å². The van der Waals surface area contributed by atoms with Gasteiger partial charge in [-0.1, -0.05) is 6.92 Å². The van der Waals surface area contributed by atoms with Crippen molar-refractivity contribution in [3.05, 3.63) is 22.8 Å². The monoisotopic (exact) mass is 265 g/mol. The van der Waals surface area contributed by atoms with Crippen molar-refractivity contribution in [3.8, 4) is 0 Å². The minimum Gasteiger partial charge on any atom is -0.368 e. The van der Waals surface area contributed by atoms with E-state index in [0.717, 1.165) is 49.9 Å². The Morgan fingerprint density at radius 1 is 1.44 bits per heavy atom. The summed E-state index contributed by atoms with van der Waals surface area (Å²) in [6, 6.07) is 0. The van der Waals surface area contributed by atoms with Crippen LogP contribution in [0.3, 0.4) is 0 Å². The predicted octanol–water partition coefficient (Wildman–Crippen LogP) is 1.49. The largest absolute Gasteiger partial charge is 0.368 e. The summed E-state index contributed by atoms with van der Waals surface area (Å²) in [5.74, 6) is 2.98. The molecule has 18 heavy (non-hydrogen) atoms. The molecule has 1 aromatic heterocycles. The SMILES string of the molecule is CCc1nc(C2CSCCO2)nc2c1CNCC2. The zero-order valence-electron chi connectivity index (χ0n) is 10.7. The predicted molar refractivity (Wildman–Crippen MR) is 72.8 cm³/mol. The molecule has 0 aliphatic carbocycles. The van der Waals surface area contributed by atoms with Gasteiger partial charge in [0.15, 0.2) is 5.82 Å². The number of aryl methyl sites for hydroxylation is 1. The molecular formula is C13H19N3OS. The molecule has 0 amide bonds. The average molecular weight is 265 g/mol. The van der Waals surface area contributed by atoms with Crippen LogP contribution < -0.4 is 5.32 Å². The molecule has 0 spiro atoms. The first kappa shape index (κ1) is 12.4. The van der Waals surface area contributed by atoms with Crippen molar-refractivity contribution in [2.24, 2.45) is 0 Å². The number of nitrogens with one attached hydrogen (secondary N) is 1. The number of nitrogens with zero attached hydrogens (tertiary/aromatic N) is 2. The molecule has 0 aromatic carbocycles. The van der Waals surface area contributed by atoms with E-state index in [0.29, 0.717) is 0 Å². The van der Waals surface area contributed by atoms with Crippen LogP contribution in [-0.2, 0) is 24.1 Å². The normalized spacial score (nSPS) is 23.7. The Morgan fingerprint density at radius 3 is 3.17 bits per heavy atom. The number of aromatic nitrogens is 2. The molecule has 3 rings (SSSR count). The molecule has 1 fully saturated rings. The summed E-state index contributed by atoms with van der Waals surface area (Å²) in [7, 11) is 0. The molecule has 1 saturated heterocycles. The van der Waals surface area contributed by atoms with Gasteiger partial charge in [-0.25, -0.2) is 9.97 Å². The van der Waals surface area contributed by atoms with Crippen molar-refractivity contribution in [2.75, 3.05) is 24.7 Å². The highest BCUT2D eigenvalue weighted by atomic mass is 32.2. The molecule has 1 N–H and O–H groups in total. The quantitative estimate of drug-likeness (QED) is 0.878. The number of fused-ring (bicyclic) bond motifs is 1. The Hall–Kier alpha value is -0.650. The number of hydrogen-bond acceptors (Lipinski definition) is 5. The lowest BCUT2D eigenvalue weighted by molar-refractivity contribution is 0.0690. The van der Waals surface area contributed by atoms with Crippen LogP contribution >= 0.6 is 11.8 Å². The molecule has 0 radical (unpaired) electrons. The molecule has 98 valence electrons. The molecule has 1 aromatic rings. The van der Waals surface area contributed by atoms with Crippen LogP contribution in [-0.4, -0.2) is 34.6 Å². The molecule has 1 unspecified atom stereocenters.